The summed E-state index contributed by atoms with van der Waals surface area (Å²) in [7, 11) is 1.79. The molecule has 2 aromatic heterocycles. The maximum absolute atomic E-state index is 11.9. The quantitative estimate of drug-likeness (QED) is 0.799. The van der Waals surface area contributed by atoms with Crippen LogP contribution in [-0.4, -0.2) is 31.4 Å². The van der Waals surface area contributed by atoms with Crippen LogP contribution >= 0.6 is 35.0 Å². The van der Waals surface area contributed by atoms with Crippen LogP contribution in [0, 0.1) is 0 Å². The van der Waals surface area contributed by atoms with Crippen LogP contribution in [0.1, 0.15) is 5.82 Å². The van der Waals surface area contributed by atoms with Crippen LogP contribution in [0.5, 0.6) is 0 Å². The van der Waals surface area contributed by atoms with Crippen molar-refractivity contribution in [3.8, 4) is 0 Å². The van der Waals surface area contributed by atoms with Gasteiger partial charge in [0.2, 0.25) is 5.91 Å². The van der Waals surface area contributed by atoms with Crippen molar-refractivity contribution in [3.05, 3.63) is 28.1 Å². The fraction of sp³-hybridized carbons (Fsp3) is 0.273. The molecule has 0 spiro atoms. The van der Waals surface area contributed by atoms with Crippen LogP contribution < -0.4 is 11.1 Å². The molecular formula is C11H12Cl2N6OS. The van der Waals surface area contributed by atoms with E-state index in [1.54, 1.807) is 11.6 Å². The second-order valence-electron chi connectivity index (χ2n) is 3.98. The third-order valence-corrected chi connectivity index (χ3v) is 4.02. The maximum Gasteiger partial charge on any atom is 0.236 e. The van der Waals surface area contributed by atoms with Crippen LogP contribution in [0.4, 0.5) is 5.82 Å². The fourth-order valence-corrected chi connectivity index (χ4v) is 2.61. The molecule has 2 rings (SSSR count). The average Bonchev–Trinajstić information content (AvgIpc) is 2.80. The van der Waals surface area contributed by atoms with Crippen molar-refractivity contribution >= 4 is 46.7 Å². The second kappa shape index (κ2) is 7.08. The smallest absolute Gasteiger partial charge is 0.236 e. The molecule has 0 aromatic carbocycles. The summed E-state index contributed by atoms with van der Waals surface area (Å²) >= 11 is 12.9. The first-order valence-corrected chi connectivity index (χ1v) is 7.57. The highest BCUT2D eigenvalue weighted by Crippen LogP contribution is 2.23. The number of hydrogen-bond acceptors (Lipinski definition) is 6. The number of thioether (sulfide) groups is 1. The Bertz CT molecular complexity index is 662. The number of hydrogen-bond donors (Lipinski definition) is 2. The molecule has 0 bridgehead atoms. The summed E-state index contributed by atoms with van der Waals surface area (Å²) < 4.78 is 1.74. The van der Waals surface area contributed by atoms with Crippen molar-refractivity contribution in [3.63, 3.8) is 0 Å². The molecule has 7 nitrogen and oxygen atoms in total. The summed E-state index contributed by atoms with van der Waals surface area (Å²) in [5, 5.41) is 11.8. The van der Waals surface area contributed by atoms with Crippen molar-refractivity contribution in [2.75, 3.05) is 11.1 Å². The zero-order chi connectivity index (χ0) is 15.4. The molecule has 10 heteroatoms. The molecule has 2 aromatic rings. The van der Waals surface area contributed by atoms with E-state index in [2.05, 4.69) is 20.5 Å². The molecule has 112 valence electrons. The van der Waals surface area contributed by atoms with Crippen molar-refractivity contribution < 1.29 is 4.79 Å². The third kappa shape index (κ3) is 4.07. The molecule has 0 saturated carbocycles. The number of pyridine rings is 1. The molecule has 3 N–H and O–H groups in total. The van der Waals surface area contributed by atoms with E-state index in [1.807, 2.05) is 0 Å². The maximum atomic E-state index is 11.9. The number of nitrogens with zero attached hydrogens (tertiary/aromatic N) is 4. The van der Waals surface area contributed by atoms with Gasteiger partial charge >= 0.3 is 0 Å². The molecule has 0 fully saturated rings. The van der Waals surface area contributed by atoms with E-state index in [9.17, 15) is 4.79 Å². The van der Waals surface area contributed by atoms with Crippen molar-refractivity contribution in [2.24, 2.45) is 12.8 Å². The van der Waals surface area contributed by atoms with Gasteiger partial charge in [-0.15, -0.1) is 10.2 Å². The Labute approximate surface area is 135 Å². The number of carbonyl (C=O) groups excluding carboxylic acids is 1. The normalized spacial score (nSPS) is 10.7. The summed E-state index contributed by atoms with van der Waals surface area (Å²) in [4.78, 5) is 15.8. The first-order valence-electron chi connectivity index (χ1n) is 5.83. The molecule has 0 atom stereocenters. The number of halogens is 2. The first-order chi connectivity index (χ1) is 10.0. The molecule has 0 saturated heterocycles. The van der Waals surface area contributed by atoms with Gasteiger partial charge in [-0.1, -0.05) is 35.0 Å². The van der Waals surface area contributed by atoms with Crippen molar-refractivity contribution in [1.82, 2.24) is 19.7 Å². The largest absolute Gasteiger partial charge is 0.324 e. The van der Waals surface area contributed by atoms with Gasteiger partial charge in [0.25, 0.3) is 0 Å². The van der Waals surface area contributed by atoms with Gasteiger partial charge in [-0.05, 0) is 6.07 Å². The highest BCUT2D eigenvalue weighted by molar-refractivity contribution is 7.99. The monoisotopic (exact) mass is 346 g/mol. The van der Waals surface area contributed by atoms with E-state index in [1.165, 1.54) is 24.0 Å². The van der Waals surface area contributed by atoms with Gasteiger partial charge in [0.1, 0.15) is 5.82 Å². The van der Waals surface area contributed by atoms with Crippen LogP contribution in [0.2, 0.25) is 10.0 Å². The van der Waals surface area contributed by atoms with Gasteiger partial charge in [0, 0.05) is 13.2 Å². The van der Waals surface area contributed by atoms with Crippen LogP contribution in [0.25, 0.3) is 0 Å². The highest BCUT2D eigenvalue weighted by Gasteiger charge is 2.12. The molecular weight excluding hydrogens is 335 g/mol. The van der Waals surface area contributed by atoms with Crippen LogP contribution in [-0.2, 0) is 18.4 Å². The summed E-state index contributed by atoms with van der Waals surface area (Å²) in [5.74, 6) is 0.818. The minimum Gasteiger partial charge on any atom is -0.324 e. The lowest BCUT2D eigenvalue weighted by atomic mass is 10.4. The Morgan fingerprint density at radius 1 is 1.48 bits per heavy atom. The number of nitrogens with one attached hydrogen (secondary N) is 1. The summed E-state index contributed by atoms with van der Waals surface area (Å²) in [6.45, 7) is 0.292. The Morgan fingerprint density at radius 2 is 2.24 bits per heavy atom. The number of aromatic nitrogens is 4. The van der Waals surface area contributed by atoms with E-state index in [0.29, 0.717) is 22.5 Å². The molecule has 0 unspecified atom stereocenters. The lowest BCUT2D eigenvalue weighted by Crippen LogP contribution is -2.16. The van der Waals surface area contributed by atoms with E-state index in [4.69, 9.17) is 28.9 Å². The molecule has 0 radical (unpaired) electrons. The lowest BCUT2D eigenvalue weighted by molar-refractivity contribution is -0.113. The summed E-state index contributed by atoms with van der Waals surface area (Å²) in [5.41, 5.74) is 5.51. The molecule has 0 aliphatic carbocycles. The van der Waals surface area contributed by atoms with Gasteiger partial charge < -0.3 is 15.6 Å². The zero-order valence-corrected chi connectivity index (χ0v) is 13.3. The summed E-state index contributed by atoms with van der Waals surface area (Å²) in [6.07, 6.45) is 1.41. The molecule has 2 heterocycles. The van der Waals surface area contributed by atoms with Gasteiger partial charge in [-0.3, -0.25) is 4.79 Å². The van der Waals surface area contributed by atoms with Gasteiger partial charge in [-0.2, -0.15) is 0 Å². The number of rotatable bonds is 5. The van der Waals surface area contributed by atoms with E-state index < -0.39 is 0 Å². The zero-order valence-electron chi connectivity index (χ0n) is 11.0. The predicted molar refractivity (Wildman–Crippen MR) is 82.5 cm³/mol. The minimum absolute atomic E-state index is 0.150. The van der Waals surface area contributed by atoms with Crippen molar-refractivity contribution in [2.45, 2.75) is 11.7 Å². The van der Waals surface area contributed by atoms with Gasteiger partial charge in [-0.25, -0.2) is 4.98 Å². The van der Waals surface area contributed by atoms with E-state index >= 15 is 0 Å². The number of amides is 1. The second-order valence-corrected chi connectivity index (χ2v) is 5.77. The van der Waals surface area contributed by atoms with E-state index in [-0.39, 0.29) is 22.5 Å². The number of anilines is 1. The predicted octanol–water partition coefficient (Wildman–Crippen LogP) is 1.71. The first kappa shape index (κ1) is 16.0. The summed E-state index contributed by atoms with van der Waals surface area (Å²) in [6, 6.07) is 1.51. The Balaban J connectivity index is 1.94. The van der Waals surface area contributed by atoms with Crippen LogP contribution in [0.3, 0.4) is 0 Å². The molecule has 0 aliphatic heterocycles. The minimum atomic E-state index is -0.256. The van der Waals surface area contributed by atoms with Gasteiger partial charge in [0.05, 0.1) is 22.3 Å². The van der Waals surface area contributed by atoms with Crippen LogP contribution in [0.15, 0.2) is 17.4 Å². The third-order valence-electron chi connectivity index (χ3n) is 2.51. The number of carbonyl (C=O) groups is 1. The van der Waals surface area contributed by atoms with E-state index in [0.717, 1.165) is 0 Å². The molecule has 21 heavy (non-hydrogen) atoms. The fourth-order valence-electron chi connectivity index (χ4n) is 1.45. The SMILES string of the molecule is Cn1c(CN)nnc1SCC(=O)Nc1ncc(Cl)cc1Cl. The lowest BCUT2D eigenvalue weighted by Gasteiger charge is -2.06. The molecule has 0 aliphatic rings. The average molecular weight is 347 g/mol. The molecule has 1 amide bonds. The Hall–Kier alpha value is -1.35. The Kier molecular flexibility index (Phi) is 5.40. The van der Waals surface area contributed by atoms with Crippen molar-refractivity contribution in [1.29, 1.82) is 0 Å². The highest BCUT2D eigenvalue weighted by atomic mass is 35.5. The standard InChI is InChI=1S/C11H12Cl2N6OS/c1-19-8(3-14)17-18-11(19)21-5-9(20)16-10-7(13)2-6(12)4-15-10/h2,4H,3,5,14H2,1H3,(H,15,16,20). The Morgan fingerprint density at radius 3 is 2.86 bits per heavy atom. The number of nitrogens with two attached hydrogens (primary N) is 1. The topological polar surface area (TPSA) is 98.7 Å². The van der Waals surface area contributed by atoms with Gasteiger partial charge in [0.15, 0.2) is 11.0 Å².